The molecule has 0 aliphatic carbocycles. The van der Waals surface area contributed by atoms with Gasteiger partial charge >= 0.3 is 6.03 Å². The van der Waals surface area contributed by atoms with Crippen molar-refractivity contribution in [1.82, 2.24) is 10.3 Å². The second kappa shape index (κ2) is 8.39. The number of nitrogens with zero attached hydrogens (tertiary/aromatic N) is 3. The quantitative estimate of drug-likeness (QED) is 0.904. The van der Waals surface area contributed by atoms with E-state index in [9.17, 15) is 4.79 Å². The van der Waals surface area contributed by atoms with Crippen molar-refractivity contribution in [1.29, 1.82) is 0 Å². The summed E-state index contributed by atoms with van der Waals surface area (Å²) in [6.07, 6.45) is 3.87. The summed E-state index contributed by atoms with van der Waals surface area (Å²) in [7, 11) is 0. The summed E-state index contributed by atoms with van der Waals surface area (Å²) in [5.74, 6) is 0.517. The normalized spacial score (nSPS) is 17.5. The maximum absolute atomic E-state index is 12.8. The van der Waals surface area contributed by atoms with Gasteiger partial charge in [-0.15, -0.1) is 0 Å². The van der Waals surface area contributed by atoms with Gasteiger partial charge < -0.3 is 15.0 Å². The van der Waals surface area contributed by atoms with E-state index < -0.39 is 0 Å². The van der Waals surface area contributed by atoms with Gasteiger partial charge in [-0.3, -0.25) is 9.88 Å². The molecule has 27 heavy (non-hydrogen) atoms. The Morgan fingerprint density at radius 2 is 1.85 bits per heavy atom. The monoisotopic (exact) mass is 366 g/mol. The zero-order valence-corrected chi connectivity index (χ0v) is 15.5. The average molecular weight is 366 g/mol. The fraction of sp³-hybridized carbons (Fsp3) is 0.429. The van der Waals surface area contributed by atoms with Gasteiger partial charge in [0.2, 0.25) is 0 Å². The van der Waals surface area contributed by atoms with Crippen LogP contribution < -0.4 is 15.1 Å². The van der Waals surface area contributed by atoms with Crippen molar-refractivity contribution in [3.05, 3.63) is 54.4 Å². The zero-order valence-electron chi connectivity index (χ0n) is 15.5. The number of pyridine rings is 1. The number of para-hydroxylation sites is 2. The lowest BCUT2D eigenvalue weighted by Crippen LogP contribution is -2.49. The van der Waals surface area contributed by atoms with Gasteiger partial charge in [0.25, 0.3) is 0 Å². The first-order valence-electron chi connectivity index (χ1n) is 9.68. The molecule has 0 bridgehead atoms. The third-order valence-electron chi connectivity index (χ3n) is 5.31. The van der Waals surface area contributed by atoms with Gasteiger partial charge in [-0.05, 0) is 43.0 Å². The minimum Gasteiger partial charge on any atom is -0.381 e. The summed E-state index contributed by atoms with van der Waals surface area (Å²) in [5, 5.41) is 3.13. The van der Waals surface area contributed by atoms with Crippen LogP contribution in [0.4, 0.5) is 16.2 Å². The Balaban J connectivity index is 1.44. The number of ether oxygens (including phenoxy) is 1. The number of amides is 2. The number of nitrogens with one attached hydrogen (secondary N) is 1. The molecule has 142 valence electrons. The number of benzene rings is 1. The fourth-order valence-corrected chi connectivity index (χ4v) is 3.76. The van der Waals surface area contributed by atoms with Crippen molar-refractivity contribution in [2.45, 2.75) is 19.4 Å². The molecule has 2 aliphatic heterocycles. The summed E-state index contributed by atoms with van der Waals surface area (Å²) >= 11 is 0. The molecule has 4 rings (SSSR count). The predicted octanol–water partition coefficient (Wildman–Crippen LogP) is 3.04. The molecule has 3 heterocycles. The Labute approximate surface area is 160 Å². The molecule has 6 nitrogen and oxygen atoms in total. The maximum atomic E-state index is 12.8. The zero-order chi connectivity index (χ0) is 18.5. The standard InChI is InChI=1S/C21H26N4O2/c26-21(23-15-17-8-13-27-14-9-17)25-12-11-24(16-18-5-3-4-10-22-18)19-6-1-2-7-20(19)25/h1-7,10,17H,8-9,11-16H2,(H,23,26). The van der Waals surface area contributed by atoms with Crippen LogP contribution in [0.3, 0.4) is 0 Å². The van der Waals surface area contributed by atoms with Crippen LogP contribution in [0.5, 0.6) is 0 Å². The van der Waals surface area contributed by atoms with E-state index in [1.807, 2.05) is 47.5 Å². The number of aromatic nitrogens is 1. The number of fused-ring (bicyclic) bond motifs is 1. The molecule has 1 aromatic heterocycles. The van der Waals surface area contributed by atoms with Crippen LogP contribution in [-0.4, -0.2) is 43.9 Å². The number of urea groups is 1. The van der Waals surface area contributed by atoms with Crippen molar-refractivity contribution in [3.63, 3.8) is 0 Å². The van der Waals surface area contributed by atoms with Crippen LogP contribution >= 0.6 is 0 Å². The van der Waals surface area contributed by atoms with Crippen molar-refractivity contribution < 1.29 is 9.53 Å². The first kappa shape index (κ1) is 17.8. The molecule has 2 aliphatic rings. The van der Waals surface area contributed by atoms with Crippen molar-refractivity contribution in [2.75, 3.05) is 42.6 Å². The molecule has 1 N–H and O–H groups in total. The number of anilines is 2. The van der Waals surface area contributed by atoms with E-state index in [1.165, 1.54) is 0 Å². The van der Waals surface area contributed by atoms with Gasteiger partial charge in [-0.25, -0.2) is 4.79 Å². The van der Waals surface area contributed by atoms with Crippen molar-refractivity contribution in [3.8, 4) is 0 Å². The Morgan fingerprint density at radius 3 is 2.63 bits per heavy atom. The van der Waals surface area contributed by atoms with E-state index >= 15 is 0 Å². The smallest absolute Gasteiger partial charge is 0.322 e. The van der Waals surface area contributed by atoms with Crippen LogP contribution in [0.15, 0.2) is 48.7 Å². The summed E-state index contributed by atoms with van der Waals surface area (Å²) in [6, 6.07) is 14.1. The summed E-state index contributed by atoms with van der Waals surface area (Å²) in [5.41, 5.74) is 3.07. The van der Waals surface area contributed by atoms with E-state index in [0.717, 1.165) is 62.8 Å². The molecule has 0 unspecified atom stereocenters. The maximum Gasteiger partial charge on any atom is 0.322 e. The van der Waals surface area contributed by atoms with Gasteiger partial charge in [-0.1, -0.05) is 18.2 Å². The molecule has 1 aromatic carbocycles. The highest BCUT2D eigenvalue weighted by Gasteiger charge is 2.27. The summed E-state index contributed by atoms with van der Waals surface area (Å²) < 4.78 is 5.40. The van der Waals surface area contributed by atoms with Crippen LogP contribution in [0.25, 0.3) is 0 Å². The highest BCUT2D eigenvalue weighted by atomic mass is 16.5. The van der Waals surface area contributed by atoms with E-state index in [-0.39, 0.29) is 6.03 Å². The van der Waals surface area contributed by atoms with Gasteiger partial charge in [0.05, 0.1) is 23.6 Å². The molecule has 0 saturated carbocycles. The summed E-state index contributed by atoms with van der Waals surface area (Å²) in [4.78, 5) is 21.4. The minimum absolute atomic E-state index is 0.00794. The lowest BCUT2D eigenvalue weighted by atomic mass is 10.0. The first-order chi connectivity index (χ1) is 13.3. The van der Waals surface area contributed by atoms with Crippen LogP contribution in [0, 0.1) is 5.92 Å². The molecule has 2 amide bonds. The Morgan fingerprint density at radius 1 is 1.07 bits per heavy atom. The average Bonchev–Trinajstić information content (AvgIpc) is 2.74. The number of rotatable bonds is 4. The van der Waals surface area contributed by atoms with Crippen LogP contribution in [0.2, 0.25) is 0 Å². The molecular weight excluding hydrogens is 340 g/mol. The van der Waals surface area contributed by atoms with Gasteiger partial charge in [0.15, 0.2) is 0 Å². The number of hydrogen-bond acceptors (Lipinski definition) is 4. The first-order valence-corrected chi connectivity index (χ1v) is 9.68. The van der Waals surface area contributed by atoms with Gasteiger partial charge in [0, 0.05) is 39.0 Å². The Kier molecular flexibility index (Phi) is 5.53. The number of hydrogen-bond donors (Lipinski definition) is 1. The van der Waals surface area contributed by atoms with Crippen LogP contribution in [-0.2, 0) is 11.3 Å². The predicted molar refractivity (Wildman–Crippen MR) is 106 cm³/mol. The highest BCUT2D eigenvalue weighted by molar-refractivity contribution is 5.96. The molecular formula is C21H26N4O2. The van der Waals surface area contributed by atoms with Crippen molar-refractivity contribution >= 4 is 17.4 Å². The largest absolute Gasteiger partial charge is 0.381 e. The Bertz CT molecular complexity index is 762. The lowest BCUT2D eigenvalue weighted by Gasteiger charge is -2.37. The number of carbonyl (C=O) groups is 1. The topological polar surface area (TPSA) is 57.7 Å². The molecule has 0 atom stereocenters. The second-order valence-electron chi connectivity index (χ2n) is 7.12. The van der Waals surface area contributed by atoms with E-state index in [4.69, 9.17) is 4.74 Å². The third kappa shape index (κ3) is 4.22. The minimum atomic E-state index is -0.00794. The van der Waals surface area contributed by atoms with Gasteiger partial charge in [0.1, 0.15) is 0 Å². The van der Waals surface area contributed by atoms with Gasteiger partial charge in [-0.2, -0.15) is 0 Å². The molecule has 0 radical (unpaired) electrons. The summed E-state index contributed by atoms with van der Waals surface area (Å²) in [6.45, 7) is 4.53. The second-order valence-corrected chi connectivity index (χ2v) is 7.12. The molecule has 6 heteroatoms. The highest BCUT2D eigenvalue weighted by Crippen LogP contribution is 2.33. The van der Waals surface area contributed by atoms with Crippen LogP contribution in [0.1, 0.15) is 18.5 Å². The van der Waals surface area contributed by atoms with Crippen molar-refractivity contribution in [2.24, 2.45) is 5.92 Å². The number of carbonyl (C=O) groups excluding carboxylic acids is 1. The fourth-order valence-electron chi connectivity index (χ4n) is 3.76. The molecule has 1 saturated heterocycles. The molecule has 0 spiro atoms. The van der Waals surface area contributed by atoms with E-state index in [0.29, 0.717) is 12.5 Å². The molecule has 1 fully saturated rings. The third-order valence-corrected chi connectivity index (χ3v) is 5.31. The molecule has 2 aromatic rings. The Hall–Kier alpha value is -2.60. The SMILES string of the molecule is O=C(NCC1CCOCC1)N1CCN(Cc2ccccn2)c2ccccc21. The lowest BCUT2D eigenvalue weighted by molar-refractivity contribution is 0.0670. The van der Waals surface area contributed by atoms with E-state index in [2.05, 4.69) is 21.3 Å². The van der Waals surface area contributed by atoms with E-state index in [1.54, 1.807) is 0 Å².